The van der Waals surface area contributed by atoms with Crippen molar-refractivity contribution in [2.24, 2.45) is 0 Å². The average molecular weight is 397 g/mol. The first-order chi connectivity index (χ1) is 14.1. The van der Waals surface area contributed by atoms with Gasteiger partial charge in [0.15, 0.2) is 0 Å². The van der Waals surface area contributed by atoms with Crippen molar-refractivity contribution in [3.63, 3.8) is 0 Å². The van der Waals surface area contributed by atoms with Gasteiger partial charge in [-0.2, -0.15) is 0 Å². The Labute approximate surface area is 170 Å². The van der Waals surface area contributed by atoms with Gasteiger partial charge in [-0.25, -0.2) is 9.97 Å². The number of hydrogen-bond donors (Lipinski definition) is 1. The van der Waals surface area contributed by atoms with Crippen molar-refractivity contribution >= 4 is 11.8 Å². The second-order valence-electron chi connectivity index (χ2n) is 6.97. The molecule has 1 fully saturated rings. The highest BCUT2D eigenvalue weighted by Crippen LogP contribution is 2.22. The Bertz CT molecular complexity index is 830. The summed E-state index contributed by atoms with van der Waals surface area (Å²) >= 11 is 0. The van der Waals surface area contributed by atoms with Crippen LogP contribution in [0.1, 0.15) is 24.6 Å². The maximum absolute atomic E-state index is 12.8. The molecule has 1 N–H and O–H groups in total. The monoisotopic (exact) mass is 397 g/mol. The quantitative estimate of drug-likeness (QED) is 0.721. The van der Waals surface area contributed by atoms with Gasteiger partial charge in [-0.1, -0.05) is 18.2 Å². The summed E-state index contributed by atoms with van der Waals surface area (Å²) in [7, 11) is 1.72. The molecule has 2 amide bonds. The summed E-state index contributed by atoms with van der Waals surface area (Å²) in [6.45, 7) is 4.70. The first kappa shape index (κ1) is 20.7. The van der Waals surface area contributed by atoms with Crippen molar-refractivity contribution in [3.05, 3.63) is 54.1 Å². The molecule has 2 heterocycles. The number of benzene rings is 1. The van der Waals surface area contributed by atoms with Crippen molar-refractivity contribution in [2.45, 2.75) is 32.5 Å². The van der Waals surface area contributed by atoms with Gasteiger partial charge in [-0.3, -0.25) is 14.5 Å². The van der Waals surface area contributed by atoms with Crippen molar-refractivity contribution in [3.8, 4) is 5.75 Å². The predicted octanol–water partition coefficient (Wildman–Crippen LogP) is 1.22. The number of nitrogens with zero attached hydrogens (tertiary/aromatic N) is 4. The van der Waals surface area contributed by atoms with Crippen molar-refractivity contribution in [1.29, 1.82) is 0 Å². The number of aromatic nitrogens is 2. The molecule has 29 heavy (non-hydrogen) atoms. The highest BCUT2D eigenvalue weighted by molar-refractivity contribution is 5.88. The molecule has 0 unspecified atom stereocenters. The summed E-state index contributed by atoms with van der Waals surface area (Å²) in [5, 5.41) is 2.88. The maximum atomic E-state index is 12.8. The molecule has 1 atom stereocenters. The lowest BCUT2D eigenvalue weighted by atomic mass is 10.1. The van der Waals surface area contributed by atoms with Crippen molar-refractivity contribution in [1.82, 2.24) is 25.1 Å². The first-order valence-corrected chi connectivity index (χ1v) is 9.79. The molecule has 0 aliphatic carbocycles. The van der Waals surface area contributed by atoms with Gasteiger partial charge in [0.1, 0.15) is 12.1 Å². The normalized spacial score (nSPS) is 16.9. The van der Waals surface area contributed by atoms with Crippen LogP contribution in [0.25, 0.3) is 0 Å². The molecule has 1 aliphatic rings. The summed E-state index contributed by atoms with van der Waals surface area (Å²) in [6.07, 6.45) is 3.22. The van der Waals surface area contributed by atoms with Gasteiger partial charge >= 0.3 is 0 Å². The number of carbonyl (C=O) groups excluding carboxylic acids is 2. The molecule has 0 spiro atoms. The van der Waals surface area contributed by atoms with Crippen LogP contribution in [0.15, 0.2) is 42.9 Å². The van der Waals surface area contributed by atoms with Gasteiger partial charge in [0, 0.05) is 38.4 Å². The maximum Gasteiger partial charge on any atom is 0.237 e. The smallest absolute Gasteiger partial charge is 0.237 e. The van der Waals surface area contributed by atoms with Crippen LogP contribution in [0.3, 0.4) is 0 Å². The summed E-state index contributed by atoms with van der Waals surface area (Å²) in [6, 6.07) is 9.07. The first-order valence-electron chi connectivity index (χ1n) is 9.79. The summed E-state index contributed by atoms with van der Waals surface area (Å²) in [5.74, 6) is 0.592. The van der Waals surface area contributed by atoms with Crippen LogP contribution in [0, 0.1) is 0 Å². The van der Waals surface area contributed by atoms with E-state index in [2.05, 4.69) is 15.3 Å². The second-order valence-corrected chi connectivity index (χ2v) is 6.97. The highest BCUT2D eigenvalue weighted by Gasteiger charge is 2.32. The lowest BCUT2D eigenvalue weighted by molar-refractivity contribution is -0.138. The minimum atomic E-state index is -0.515. The number of carbonyl (C=O) groups is 2. The molecular weight excluding hydrogens is 370 g/mol. The van der Waals surface area contributed by atoms with E-state index in [-0.39, 0.29) is 18.2 Å². The number of amides is 2. The van der Waals surface area contributed by atoms with Gasteiger partial charge < -0.3 is 15.0 Å². The minimum absolute atomic E-state index is 0.103. The van der Waals surface area contributed by atoms with Crippen LogP contribution in [0.5, 0.6) is 5.75 Å². The molecule has 0 bridgehead atoms. The summed E-state index contributed by atoms with van der Waals surface area (Å²) in [5.41, 5.74) is 1.77. The molecule has 8 heteroatoms. The molecule has 154 valence electrons. The number of hydrogen-bond acceptors (Lipinski definition) is 6. The summed E-state index contributed by atoms with van der Waals surface area (Å²) in [4.78, 5) is 37.0. The second kappa shape index (κ2) is 9.97. The van der Waals surface area contributed by atoms with Gasteiger partial charge in [-0.05, 0) is 19.1 Å². The zero-order chi connectivity index (χ0) is 20.6. The van der Waals surface area contributed by atoms with Gasteiger partial charge in [0.05, 0.1) is 31.3 Å². The molecular formula is C21H27N5O3. The van der Waals surface area contributed by atoms with E-state index >= 15 is 0 Å². The van der Waals surface area contributed by atoms with Crippen LogP contribution < -0.4 is 10.1 Å². The van der Waals surface area contributed by atoms with Gasteiger partial charge in [0.2, 0.25) is 11.8 Å². The summed E-state index contributed by atoms with van der Waals surface area (Å²) < 4.78 is 5.71. The largest absolute Gasteiger partial charge is 0.494 e. The molecule has 0 saturated carbocycles. The standard InChI is InChI=1S/C21H27N5O3/c1-3-29-19-7-5-4-6-16(19)13-26-11-10-23-21(28)18(26)12-20(27)25(2)14-17-8-9-22-15-24-17/h4-9,15,18H,3,10-14H2,1-2H3,(H,23,28)/t18-/m0/s1. The van der Waals surface area contributed by atoms with Crippen LogP contribution in [-0.2, 0) is 22.7 Å². The van der Waals surface area contributed by atoms with E-state index in [4.69, 9.17) is 4.74 Å². The number of piperazine rings is 1. The molecule has 3 rings (SSSR count). The van der Waals surface area contributed by atoms with Gasteiger partial charge in [0.25, 0.3) is 0 Å². The fourth-order valence-corrected chi connectivity index (χ4v) is 3.39. The molecule has 1 aromatic carbocycles. The predicted molar refractivity (Wildman–Crippen MR) is 108 cm³/mol. The van der Waals surface area contributed by atoms with Crippen LogP contribution in [0.2, 0.25) is 0 Å². The zero-order valence-electron chi connectivity index (χ0n) is 16.9. The Morgan fingerprint density at radius 2 is 2.17 bits per heavy atom. The third-order valence-electron chi connectivity index (χ3n) is 4.92. The van der Waals surface area contributed by atoms with E-state index in [1.165, 1.54) is 6.33 Å². The molecule has 2 aromatic rings. The van der Waals surface area contributed by atoms with Crippen LogP contribution in [-0.4, -0.2) is 64.4 Å². The lowest BCUT2D eigenvalue weighted by Crippen LogP contribution is -2.56. The number of nitrogens with one attached hydrogen (secondary N) is 1. The van der Waals surface area contributed by atoms with E-state index in [0.29, 0.717) is 32.8 Å². The zero-order valence-corrected chi connectivity index (χ0v) is 16.9. The highest BCUT2D eigenvalue weighted by atomic mass is 16.5. The van der Waals surface area contributed by atoms with Crippen LogP contribution >= 0.6 is 0 Å². The Kier molecular flexibility index (Phi) is 7.13. The third-order valence-corrected chi connectivity index (χ3v) is 4.92. The fourth-order valence-electron chi connectivity index (χ4n) is 3.39. The van der Waals surface area contributed by atoms with Crippen LogP contribution in [0.4, 0.5) is 0 Å². The minimum Gasteiger partial charge on any atom is -0.494 e. The Balaban J connectivity index is 1.68. The molecule has 1 saturated heterocycles. The number of para-hydroxylation sites is 1. The molecule has 8 nitrogen and oxygen atoms in total. The fraction of sp³-hybridized carbons (Fsp3) is 0.429. The van der Waals surface area contributed by atoms with E-state index in [1.807, 2.05) is 36.1 Å². The molecule has 1 aromatic heterocycles. The van der Waals surface area contributed by atoms with Crippen molar-refractivity contribution in [2.75, 3.05) is 26.7 Å². The lowest BCUT2D eigenvalue weighted by Gasteiger charge is -2.35. The van der Waals surface area contributed by atoms with E-state index in [0.717, 1.165) is 17.0 Å². The SMILES string of the molecule is CCOc1ccccc1CN1CCNC(=O)[C@@H]1CC(=O)N(C)Cc1ccncn1. The van der Waals surface area contributed by atoms with E-state index in [9.17, 15) is 9.59 Å². The van der Waals surface area contributed by atoms with E-state index < -0.39 is 6.04 Å². The third kappa shape index (κ3) is 5.51. The van der Waals surface area contributed by atoms with Gasteiger partial charge in [-0.15, -0.1) is 0 Å². The topological polar surface area (TPSA) is 87.7 Å². The molecule has 0 radical (unpaired) electrons. The average Bonchev–Trinajstić information content (AvgIpc) is 2.72. The Morgan fingerprint density at radius 3 is 2.93 bits per heavy atom. The van der Waals surface area contributed by atoms with Crippen molar-refractivity contribution < 1.29 is 14.3 Å². The molecule has 1 aliphatic heterocycles. The Hall–Kier alpha value is -3.00. The Morgan fingerprint density at radius 1 is 1.34 bits per heavy atom. The number of rotatable bonds is 8. The van der Waals surface area contributed by atoms with E-state index in [1.54, 1.807) is 24.2 Å². The number of ether oxygens (including phenoxy) is 1.